The van der Waals surface area contributed by atoms with Crippen molar-refractivity contribution >= 4 is 16.6 Å². The van der Waals surface area contributed by atoms with Crippen molar-refractivity contribution in [2.45, 2.75) is 59.8 Å². The van der Waals surface area contributed by atoms with Gasteiger partial charge in [-0.2, -0.15) is 0 Å². The summed E-state index contributed by atoms with van der Waals surface area (Å²) >= 11 is 0. The maximum Gasteiger partial charge on any atom is 0.0436 e. The Labute approximate surface area is 99.4 Å². The Balaban J connectivity index is 4.15. The first-order chi connectivity index (χ1) is 6.76. The lowest BCUT2D eigenvalue weighted by atomic mass is 10.2. The zero-order valence-electron chi connectivity index (χ0n) is 11.7. The zero-order chi connectivity index (χ0) is 12.1. The molecule has 3 heteroatoms. The van der Waals surface area contributed by atoms with Crippen molar-refractivity contribution in [2.24, 2.45) is 0 Å². The number of allylic oxidation sites excluding steroid dienone is 1. The molecule has 1 atom stereocenters. The third-order valence-corrected chi connectivity index (χ3v) is 9.82. The van der Waals surface area contributed by atoms with Crippen LogP contribution >= 0.6 is 0 Å². The van der Waals surface area contributed by atoms with Gasteiger partial charge in [-0.05, 0) is 27.2 Å². The van der Waals surface area contributed by atoms with Crippen LogP contribution in [0.5, 0.6) is 0 Å². The highest BCUT2D eigenvalue weighted by Gasteiger charge is 2.15. The zero-order valence-corrected chi connectivity index (χ0v) is 14.1. The smallest absolute Gasteiger partial charge is 0.0436 e. The van der Waals surface area contributed by atoms with Crippen LogP contribution in [0.2, 0.25) is 19.6 Å². The fourth-order valence-corrected chi connectivity index (χ4v) is 9.27. The molecule has 0 aromatic rings. The molecule has 0 rings (SSSR count). The molecule has 15 heavy (non-hydrogen) atoms. The van der Waals surface area contributed by atoms with Gasteiger partial charge in [-0.15, -0.1) is 0 Å². The molecule has 1 N–H and O–H groups in total. The Kier molecular flexibility index (Phi) is 6.72. The second kappa shape index (κ2) is 6.66. The van der Waals surface area contributed by atoms with E-state index in [-0.39, 0.29) is 9.04 Å². The molecule has 0 aliphatic rings. The maximum absolute atomic E-state index is 3.58. The summed E-state index contributed by atoms with van der Waals surface area (Å²) < 4.78 is 0. The summed E-state index contributed by atoms with van der Waals surface area (Å²) in [7, 11) is -0.740. The molecule has 1 unspecified atom stereocenters. The molecule has 0 saturated heterocycles. The van der Waals surface area contributed by atoms with Crippen LogP contribution in [0.25, 0.3) is 0 Å². The monoisotopic (exact) mass is 243 g/mol. The highest BCUT2D eigenvalue weighted by atomic mass is 29.2. The lowest BCUT2D eigenvalue weighted by Crippen LogP contribution is -2.33. The Morgan fingerprint density at radius 2 is 1.80 bits per heavy atom. The van der Waals surface area contributed by atoms with E-state index in [9.17, 15) is 0 Å². The summed E-state index contributed by atoms with van der Waals surface area (Å²) in [4.78, 5) is 0. The molecule has 0 bridgehead atoms. The number of hydrogen-bond donors (Lipinski definition) is 1. The minimum Gasteiger partial charge on any atom is -0.311 e. The van der Waals surface area contributed by atoms with Crippen molar-refractivity contribution in [3.8, 4) is 0 Å². The van der Waals surface area contributed by atoms with Crippen LogP contribution in [-0.2, 0) is 0 Å². The van der Waals surface area contributed by atoms with Crippen LogP contribution in [0, 0.1) is 0 Å². The normalized spacial score (nSPS) is 17.0. The van der Waals surface area contributed by atoms with E-state index < -0.39 is 7.59 Å². The lowest BCUT2D eigenvalue weighted by Gasteiger charge is -2.19. The molecule has 0 fully saturated rings. The molecular weight excluding hydrogens is 214 g/mol. The molecule has 1 nitrogen and oxygen atoms in total. The Morgan fingerprint density at radius 1 is 1.27 bits per heavy atom. The topological polar surface area (TPSA) is 12.0 Å². The predicted molar refractivity (Wildman–Crippen MR) is 78.0 cm³/mol. The van der Waals surface area contributed by atoms with Crippen LogP contribution in [0.1, 0.15) is 34.1 Å². The molecule has 0 heterocycles. The van der Waals surface area contributed by atoms with Gasteiger partial charge in [0.1, 0.15) is 0 Å². The quantitative estimate of drug-likeness (QED) is 0.707. The average Bonchev–Trinajstić information content (AvgIpc) is 2.10. The molecule has 0 aliphatic carbocycles. The van der Waals surface area contributed by atoms with E-state index in [1.807, 2.05) is 0 Å². The van der Waals surface area contributed by atoms with E-state index in [1.165, 1.54) is 6.42 Å². The first-order valence-electron chi connectivity index (χ1n) is 6.15. The van der Waals surface area contributed by atoms with Crippen LogP contribution in [-0.4, -0.2) is 29.2 Å². The fourth-order valence-electron chi connectivity index (χ4n) is 1.57. The third kappa shape index (κ3) is 7.99. The van der Waals surface area contributed by atoms with Crippen molar-refractivity contribution < 1.29 is 0 Å². The summed E-state index contributed by atoms with van der Waals surface area (Å²) in [5.74, 6) is 0. The van der Waals surface area contributed by atoms with E-state index in [0.717, 1.165) is 6.54 Å². The van der Waals surface area contributed by atoms with Crippen molar-refractivity contribution in [1.82, 2.24) is 5.32 Å². The van der Waals surface area contributed by atoms with Gasteiger partial charge >= 0.3 is 0 Å². The molecular formula is C12H29NSi2. The molecule has 0 aliphatic heterocycles. The van der Waals surface area contributed by atoms with Gasteiger partial charge in [0.15, 0.2) is 0 Å². The minimum atomic E-state index is -0.794. The van der Waals surface area contributed by atoms with Crippen molar-refractivity contribution in [1.29, 1.82) is 0 Å². The molecule has 0 aromatic carbocycles. The Bertz CT molecular complexity index is 216. The van der Waals surface area contributed by atoms with Gasteiger partial charge in [-0.1, -0.05) is 37.3 Å². The highest BCUT2D eigenvalue weighted by molar-refractivity contribution is 7.25. The van der Waals surface area contributed by atoms with Crippen molar-refractivity contribution in [3.05, 3.63) is 10.8 Å². The van der Waals surface area contributed by atoms with Gasteiger partial charge in [0, 0.05) is 29.2 Å². The molecule has 0 spiro atoms. The molecule has 0 amide bonds. The largest absolute Gasteiger partial charge is 0.311 e. The lowest BCUT2D eigenvalue weighted by molar-refractivity contribution is 0.559. The average molecular weight is 244 g/mol. The van der Waals surface area contributed by atoms with Crippen LogP contribution in [0.4, 0.5) is 0 Å². The van der Waals surface area contributed by atoms with Gasteiger partial charge in [0.05, 0.1) is 0 Å². The molecule has 90 valence electrons. The van der Waals surface area contributed by atoms with Crippen molar-refractivity contribution in [2.75, 3.05) is 6.54 Å². The van der Waals surface area contributed by atoms with Crippen LogP contribution < -0.4 is 5.32 Å². The first kappa shape index (κ1) is 15.1. The summed E-state index contributed by atoms with van der Waals surface area (Å²) in [5.41, 5.74) is 1.60. The molecule has 0 aromatic heterocycles. The number of hydrogen-bond acceptors (Lipinski definition) is 1. The third-order valence-electron chi connectivity index (χ3n) is 2.85. The Hall–Kier alpha value is 0.134. The number of nitrogens with one attached hydrogen (secondary N) is 1. The summed E-state index contributed by atoms with van der Waals surface area (Å²) in [5, 5.41) is 5.32. The van der Waals surface area contributed by atoms with E-state index in [0.29, 0.717) is 6.04 Å². The van der Waals surface area contributed by atoms with E-state index in [1.54, 1.807) is 10.8 Å². The standard InChI is InChI=1S/C12H29NSi2/c1-8-11(3)13-9-10(2)12(4)14-15(5,6)7/h11,13H,8-9,14H2,1-7H3. The predicted octanol–water partition coefficient (Wildman–Crippen LogP) is 2.67. The fraction of sp³-hybridized carbons (Fsp3) is 0.833. The van der Waals surface area contributed by atoms with E-state index in [4.69, 9.17) is 0 Å². The second-order valence-corrected chi connectivity index (χ2v) is 19.9. The van der Waals surface area contributed by atoms with Gasteiger partial charge < -0.3 is 5.32 Å². The SMILES string of the molecule is CCC(C)NCC(C)=C(C)[SiH2][Si](C)(C)C. The minimum absolute atomic E-state index is 0.0539. The maximum atomic E-state index is 3.58. The van der Waals surface area contributed by atoms with Crippen LogP contribution in [0.15, 0.2) is 10.8 Å². The van der Waals surface area contributed by atoms with Crippen molar-refractivity contribution in [3.63, 3.8) is 0 Å². The van der Waals surface area contributed by atoms with Gasteiger partial charge in [0.2, 0.25) is 0 Å². The summed E-state index contributed by atoms with van der Waals surface area (Å²) in [6, 6.07) is 0.654. The highest BCUT2D eigenvalue weighted by Crippen LogP contribution is 2.08. The summed E-state index contributed by atoms with van der Waals surface area (Å²) in [6.45, 7) is 17.8. The molecule has 0 radical (unpaired) electrons. The van der Waals surface area contributed by atoms with Crippen LogP contribution in [0.3, 0.4) is 0 Å². The van der Waals surface area contributed by atoms with E-state index >= 15 is 0 Å². The van der Waals surface area contributed by atoms with E-state index in [2.05, 4.69) is 52.7 Å². The summed E-state index contributed by atoms with van der Waals surface area (Å²) in [6.07, 6.45) is 1.22. The van der Waals surface area contributed by atoms with Gasteiger partial charge in [-0.3, -0.25) is 0 Å². The second-order valence-electron chi connectivity index (χ2n) is 5.99. The first-order valence-corrected chi connectivity index (χ1v) is 12.7. The molecule has 0 saturated carbocycles. The number of rotatable bonds is 6. The Morgan fingerprint density at radius 3 is 2.20 bits per heavy atom. The van der Waals surface area contributed by atoms with Gasteiger partial charge in [-0.25, -0.2) is 0 Å². The van der Waals surface area contributed by atoms with Gasteiger partial charge in [0.25, 0.3) is 0 Å².